The number of piperazine rings is 1. The van der Waals surface area contributed by atoms with E-state index in [0.29, 0.717) is 41.6 Å². The van der Waals surface area contributed by atoms with Gasteiger partial charge in [-0.3, -0.25) is 4.79 Å². The summed E-state index contributed by atoms with van der Waals surface area (Å²) in [6.07, 6.45) is 2.77. The van der Waals surface area contributed by atoms with Gasteiger partial charge in [-0.25, -0.2) is 9.97 Å². The minimum atomic E-state index is -0.00561. The van der Waals surface area contributed by atoms with E-state index in [-0.39, 0.29) is 11.7 Å². The molecule has 8 heteroatoms. The number of nitrogens with zero attached hydrogens (tertiary/aromatic N) is 4. The fraction of sp³-hybridized carbons (Fsp3) is 0.500. The highest BCUT2D eigenvalue weighted by atomic mass is 16.5. The predicted molar refractivity (Wildman–Crippen MR) is 113 cm³/mol. The van der Waals surface area contributed by atoms with Crippen LogP contribution in [0.4, 0.5) is 5.95 Å². The van der Waals surface area contributed by atoms with Crippen LogP contribution in [0.25, 0.3) is 0 Å². The van der Waals surface area contributed by atoms with Crippen LogP contribution in [-0.4, -0.2) is 75.2 Å². The molecule has 30 heavy (non-hydrogen) atoms. The van der Waals surface area contributed by atoms with Gasteiger partial charge in [-0.2, -0.15) is 0 Å². The van der Waals surface area contributed by atoms with E-state index in [9.17, 15) is 4.79 Å². The van der Waals surface area contributed by atoms with Crippen molar-refractivity contribution >= 4 is 11.7 Å². The van der Waals surface area contributed by atoms with Gasteiger partial charge in [-0.05, 0) is 37.1 Å². The number of Topliss-reactive ketones (excluding diaryl/α,β-unsaturated/α-hetero) is 1. The molecule has 1 atom stereocenters. The Labute approximate surface area is 176 Å². The Morgan fingerprint density at radius 3 is 2.23 bits per heavy atom. The fourth-order valence-electron chi connectivity index (χ4n) is 4.17. The number of ether oxygens (including phenoxy) is 3. The molecule has 1 aliphatic heterocycles. The number of aromatic nitrogens is 2. The lowest BCUT2D eigenvalue weighted by Gasteiger charge is -2.33. The molecule has 0 N–H and O–H groups in total. The first-order valence-corrected chi connectivity index (χ1v) is 10.2. The van der Waals surface area contributed by atoms with Gasteiger partial charge >= 0.3 is 0 Å². The number of carbonyl (C=O) groups is 1. The van der Waals surface area contributed by atoms with Crippen LogP contribution in [0.15, 0.2) is 18.3 Å². The lowest BCUT2D eigenvalue weighted by Crippen LogP contribution is -2.45. The molecule has 1 saturated heterocycles. The third-order valence-electron chi connectivity index (χ3n) is 5.97. The largest absolute Gasteiger partial charge is 0.493 e. The molecule has 0 spiro atoms. The van der Waals surface area contributed by atoms with Crippen LogP contribution in [0.1, 0.15) is 34.0 Å². The summed E-state index contributed by atoms with van der Waals surface area (Å²) in [4.78, 5) is 26.6. The standard InChI is InChI=1S/C22H28N4O4/c1-25-5-7-26(8-6-25)22-23-13-16-17(24-22)9-14(10-18(16)27)15-11-19(28-2)21(30-4)20(12-15)29-3/h11-14H,5-10H2,1-4H3/t14-/m1/s1. The lowest BCUT2D eigenvalue weighted by atomic mass is 9.82. The number of anilines is 1. The van der Waals surface area contributed by atoms with E-state index in [1.54, 1.807) is 27.5 Å². The maximum atomic E-state index is 12.8. The summed E-state index contributed by atoms with van der Waals surface area (Å²) in [7, 11) is 6.89. The Morgan fingerprint density at radius 1 is 0.967 bits per heavy atom. The van der Waals surface area contributed by atoms with Crippen LogP contribution in [-0.2, 0) is 6.42 Å². The Hall–Kier alpha value is -2.87. The zero-order valence-electron chi connectivity index (χ0n) is 18.0. The average Bonchev–Trinajstić information content (AvgIpc) is 2.78. The molecule has 0 bridgehead atoms. The minimum Gasteiger partial charge on any atom is -0.493 e. The summed E-state index contributed by atoms with van der Waals surface area (Å²) < 4.78 is 16.4. The van der Waals surface area contributed by atoms with Crippen molar-refractivity contribution in [2.45, 2.75) is 18.8 Å². The van der Waals surface area contributed by atoms with Gasteiger partial charge in [-0.1, -0.05) is 0 Å². The third-order valence-corrected chi connectivity index (χ3v) is 5.97. The van der Waals surface area contributed by atoms with Crippen LogP contribution in [0.3, 0.4) is 0 Å². The first-order valence-electron chi connectivity index (χ1n) is 10.2. The Bertz CT molecular complexity index is 916. The number of benzene rings is 1. The van der Waals surface area contributed by atoms with E-state index >= 15 is 0 Å². The molecule has 8 nitrogen and oxygen atoms in total. The van der Waals surface area contributed by atoms with Crippen molar-refractivity contribution in [3.05, 3.63) is 35.2 Å². The van der Waals surface area contributed by atoms with Gasteiger partial charge in [0.05, 0.1) is 32.6 Å². The van der Waals surface area contributed by atoms with Crippen LogP contribution < -0.4 is 19.1 Å². The second-order valence-electron chi connectivity index (χ2n) is 7.81. The van der Waals surface area contributed by atoms with Crippen molar-refractivity contribution in [2.24, 2.45) is 0 Å². The Morgan fingerprint density at radius 2 is 1.63 bits per heavy atom. The van der Waals surface area contributed by atoms with E-state index in [2.05, 4.69) is 21.8 Å². The van der Waals surface area contributed by atoms with E-state index in [1.807, 2.05) is 12.1 Å². The maximum absolute atomic E-state index is 12.8. The topological polar surface area (TPSA) is 77.0 Å². The van der Waals surface area contributed by atoms with Crippen molar-refractivity contribution < 1.29 is 19.0 Å². The molecule has 1 aromatic carbocycles. The normalized spacial score (nSPS) is 19.4. The van der Waals surface area contributed by atoms with Crippen molar-refractivity contribution in [3.8, 4) is 17.2 Å². The predicted octanol–water partition coefficient (Wildman–Crippen LogP) is 2.17. The highest BCUT2D eigenvalue weighted by Gasteiger charge is 2.30. The quantitative estimate of drug-likeness (QED) is 0.740. The second-order valence-corrected chi connectivity index (χ2v) is 7.81. The van der Waals surface area contributed by atoms with E-state index in [4.69, 9.17) is 19.2 Å². The molecule has 1 aromatic heterocycles. The first kappa shape index (κ1) is 20.4. The van der Waals surface area contributed by atoms with Crippen LogP contribution in [0.5, 0.6) is 17.2 Å². The summed E-state index contributed by atoms with van der Waals surface area (Å²) in [6, 6.07) is 3.85. The Balaban J connectivity index is 1.64. The molecular weight excluding hydrogens is 384 g/mol. The number of carbonyl (C=O) groups excluding carboxylic acids is 1. The minimum absolute atomic E-state index is 0.00561. The number of ketones is 1. The molecule has 2 heterocycles. The molecule has 160 valence electrons. The number of hydrogen-bond donors (Lipinski definition) is 0. The SMILES string of the molecule is COc1cc([C@H]2CC(=O)c3cnc(N4CCN(C)CC4)nc3C2)cc(OC)c1OC. The monoisotopic (exact) mass is 412 g/mol. The zero-order chi connectivity index (χ0) is 21.3. The molecule has 0 unspecified atom stereocenters. The highest BCUT2D eigenvalue weighted by Crippen LogP contribution is 2.42. The number of hydrogen-bond acceptors (Lipinski definition) is 8. The first-order chi connectivity index (χ1) is 14.5. The van der Waals surface area contributed by atoms with Gasteiger partial charge in [0.25, 0.3) is 0 Å². The van der Waals surface area contributed by atoms with Gasteiger partial charge in [0.15, 0.2) is 17.3 Å². The smallest absolute Gasteiger partial charge is 0.225 e. The molecule has 1 fully saturated rings. The van der Waals surface area contributed by atoms with Crippen LogP contribution in [0, 0.1) is 0 Å². The van der Waals surface area contributed by atoms with Crippen LogP contribution >= 0.6 is 0 Å². The average molecular weight is 412 g/mol. The van der Waals surface area contributed by atoms with Crippen molar-refractivity contribution in [1.82, 2.24) is 14.9 Å². The molecular formula is C22H28N4O4. The number of likely N-dealkylation sites (N-methyl/N-ethyl adjacent to an activating group) is 1. The highest BCUT2D eigenvalue weighted by molar-refractivity contribution is 5.98. The van der Waals surface area contributed by atoms with Gasteiger partial charge < -0.3 is 24.0 Å². The number of methoxy groups -OCH3 is 3. The van der Waals surface area contributed by atoms with Crippen molar-refractivity contribution in [3.63, 3.8) is 0 Å². The molecule has 0 amide bonds. The molecule has 0 saturated carbocycles. The second kappa shape index (κ2) is 8.47. The summed E-state index contributed by atoms with van der Waals surface area (Å²) in [5.41, 5.74) is 2.42. The van der Waals surface area contributed by atoms with Gasteiger partial charge in [0.2, 0.25) is 11.7 Å². The number of rotatable bonds is 5. The molecule has 4 rings (SSSR count). The zero-order valence-corrected chi connectivity index (χ0v) is 18.0. The van der Waals surface area contributed by atoms with Gasteiger partial charge in [-0.15, -0.1) is 0 Å². The van der Waals surface area contributed by atoms with Gasteiger partial charge in [0, 0.05) is 38.8 Å². The number of fused-ring (bicyclic) bond motifs is 1. The molecule has 2 aliphatic rings. The van der Waals surface area contributed by atoms with E-state index < -0.39 is 0 Å². The maximum Gasteiger partial charge on any atom is 0.225 e. The van der Waals surface area contributed by atoms with E-state index in [1.165, 1.54) is 0 Å². The summed E-state index contributed by atoms with van der Waals surface area (Å²) in [6.45, 7) is 3.74. The molecule has 1 aliphatic carbocycles. The molecule has 0 radical (unpaired) electrons. The van der Waals surface area contributed by atoms with Crippen molar-refractivity contribution in [2.75, 3.05) is 59.5 Å². The summed E-state index contributed by atoms with van der Waals surface area (Å²) in [5.74, 6) is 2.50. The lowest BCUT2D eigenvalue weighted by molar-refractivity contribution is 0.0962. The Kier molecular flexibility index (Phi) is 5.76. The third kappa shape index (κ3) is 3.79. The fourth-order valence-corrected chi connectivity index (χ4v) is 4.17. The van der Waals surface area contributed by atoms with Gasteiger partial charge in [0.1, 0.15) is 0 Å². The summed E-state index contributed by atoms with van der Waals surface area (Å²) in [5, 5.41) is 0. The molecule has 2 aromatic rings. The van der Waals surface area contributed by atoms with E-state index in [0.717, 1.165) is 37.4 Å². The van der Waals surface area contributed by atoms with Crippen LogP contribution in [0.2, 0.25) is 0 Å². The van der Waals surface area contributed by atoms with Crippen molar-refractivity contribution in [1.29, 1.82) is 0 Å². The summed E-state index contributed by atoms with van der Waals surface area (Å²) >= 11 is 0.